The summed E-state index contributed by atoms with van der Waals surface area (Å²) in [5, 5.41) is 0. The summed E-state index contributed by atoms with van der Waals surface area (Å²) in [5.74, 6) is -1.43. The molecule has 2 unspecified atom stereocenters. The van der Waals surface area contributed by atoms with E-state index < -0.39 is 22.0 Å². The lowest BCUT2D eigenvalue weighted by Gasteiger charge is -2.31. The SMILES string of the molecule is COC(=O)c1cc(C(=O)OC)cc(S(=O)(=O)NC2CCCCC2CN)c1.Cl. The minimum absolute atomic E-state index is 0. The van der Waals surface area contributed by atoms with Crippen LogP contribution in [0.5, 0.6) is 0 Å². The van der Waals surface area contributed by atoms with Crippen LogP contribution in [0.4, 0.5) is 0 Å². The monoisotopic (exact) mass is 420 g/mol. The highest BCUT2D eigenvalue weighted by molar-refractivity contribution is 7.89. The minimum atomic E-state index is -3.95. The second kappa shape index (κ2) is 10.0. The van der Waals surface area contributed by atoms with Gasteiger partial charge in [-0.1, -0.05) is 12.8 Å². The molecule has 0 radical (unpaired) electrons. The molecule has 8 nitrogen and oxygen atoms in total. The third kappa shape index (κ3) is 5.65. The molecule has 27 heavy (non-hydrogen) atoms. The quantitative estimate of drug-likeness (QED) is 0.667. The van der Waals surface area contributed by atoms with Crippen LogP contribution >= 0.6 is 12.4 Å². The molecule has 0 amide bonds. The Morgan fingerprint density at radius 2 is 1.59 bits per heavy atom. The van der Waals surface area contributed by atoms with Gasteiger partial charge in [-0.25, -0.2) is 22.7 Å². The highest BCUT2D eigenvalue weighted by Crippen LogP contribution is 2.26. The number of benzene rings is 1. The van der Waals surface area contributed by atoms with Crippen LogP contribution in [-0.2, 0) is 19.5 Å². The van der Waals surface area contributed by atoms with Crippen molar-refractivity contribution in [3.05, 3.63) is 29.3 Å². The second-order valence-electron chi connectivity index (χ2n) is 6.24. The van der Waals surface area contributed by atoms with Gasteiger partial charge in [-0.15, -0.1) is 12.4 Å². The molecule has 1 fully saturated rings. The Morgan fingerprint density at radius 1 is 1.07 bits per heavy atom. The van der Waals surface area contributed by atoms with Gasteiger partial charge in [-0.3, -0.25) is 0 Å². The fourth-order valence-electron chi connectivity index (χ4n) is 3.14. The molecule has 1 aliphatic rings. The van der Waals surface area contributed by atoms with Gasteiger partial charge in [0.2, 0.25) is 10.0 Å². The number of rotatable bonds is 6. The Balaban J connectivity index is 0.00000364. The molecule has 1 saturated carbocycles. The van der Waals surface area contributed by atoms with E-state index in [0.29, 0.717) is 13.0 Å². The normalized spacial score (nSPS) is 19.7. The predicted octanol–water partition coefficient (Wildman–Crippen LogP) is 1.48. The van der Waals surface area contributed by atoms with Crippen LogP contribution in [0.1, 0.15) is 46.4 Å². The molecular weight excluding hydrogens is 396 g/mol. The first-order valence-corrected chi connectivity index (χ1v) is 9.84. The lowest BCUT2D eigenvalue weighted by Crippen LogP contribution is -2.44. The molecule has 10 heteroatoms. The van der Waals surface area contributed by atoms with Gasteiger partial charge in [0.25, 0.3) is 0 Å². The van der Waals surface area contributed by atoms with E-state index in [1.807, 2.05) is 0 Å². The van der Waals surface area contributed by atoms with E-state index in [9.17, 15) is 18.0 Å². The molecule has 1 aliphatic carbocycles. The number of hydrogen-bond acceptors (Lipinski definition) is 7. The molecule has 1 aromatic rings. The van der Waals surface area contributed by atoms with E-state index in [-0.39, 0.29) is 40.4 Å². The first-order valence-electron chi connectivity index (χ1n) is 8.36. The van der Waals surface area contributed by atoms with Crippen molar-refractivity contribution in [3.8, 4) is 0 Å². The first-order chi connectivity index (χ1) is 12.3. The van der Waals surface area contributed by atoms with E-state index in [1.165, 1.54) is 32.4 Å². The Labute approximate surface area is 165 Å². The number of nitrogens with two attached hydrogens (primary N) is 1. The molecule has 3 N–H and O–H groups in total. The zero-order chi connectivity index (χ0) is 19.3. The number of nitrogens with one attached hydrogen (secondary N) is 1. The molecule has 2 rings (SSSR count). The smallest absolute Gasteiger partial charge is 0.337 e. The van der Waals surface area contributed by atoms with Gasteiger partial charge in [0.05, 0.1) is 30.2 Å². The summed E-state index contributed by atoms with van der Waals surface area (Å²) in [7, 11) is -1.60. The Kier molecular flexibility index (Phi) is 8.67. The van der Waals surface area contributed by atoms with Gasteiger partial charge in [-0.05, 0) is 43.5 Å². The summed E-state index contributed by atoms with van der Waals surface area (Å²) in [6.07, 6.45) is 3.49. The first kappa shape index (κ1) is 23.4. The van der Waals surface area contributed by atoms with E-state index >= 15 is 0 Å². The number of halogens is 1. The Bertz CT molecular complexity index is 749. The van der Waals surface area contributed by atoms with Crippen molar-refractivity contribution < 1.29 is 27.5 Å². The van der Waals surface area contributed by atoms with Crippen LogP contribution in [0, 0.1) is 5.92 Å². The zero-order valence-electron chi connectivity index (χ0n) is 15.3. The van der Waals surface area contributed by atoms with Crippen LogP contribution in [0.3, 0.4) is 0 Å². The summed E-state index contributed by atoms with van der Waals surface area (Å²) in [5.41, 5.74) is 5.66. The lowest BCUT2D eigenvalue weighted by molar-refractivity contribution is 0.0598. The largest absolute Gasteiger partial charge is 0.465 e. The van der Waals surface area contributed by atoms with Gasteiger partial charge >= 0.3 is 11.9 Å². The summed E-state index contributed by atoms with van der Waals surface area (Å²) >= 11 is 0. The van der Waals surface area contributed by atoms with Crippen molar-refractivity contribution in [2.24, 2.45) is 11.7 Å². The molecule has 1 aromatic carbocycles. The summed E-state index contributed by atoms with van der Waals surface area (Å²) in [6, 6.07) is 3.32. The minimum Gasteiger partial charge on any atom is -0.465 e. The number of methoxy groups -OCH3 is 2. The summed E-state index contributed by atoms with van der Waals surface area (Å²) in [4.78, 5) is 23.5. The van der Waals surface area contributed by atoms with Crippen molar-refractivity contribution in [3.63, 3.8) is 0 Å². The van der Waals surface area contributed by atoms with E-state index in [4.69, 9.17) is 5.73 Å². The van der Waals surface area contributed by atoms with Crippen LogP contribution in [0.15, 0.2) is 23.1 Å². The maximum absolute atomic E-state index is 12.8. The maximum atomic E-state index is 12.8. The van der Waals surface area contributed by atoms with Crippen LogP contribution < -0.4 is 10.5 Å². The fourth-order valence-corrected chi connectivity index (χ4v) is 4.55. The van der Waals surface area contributed by atoms with Gasteiger partial charge < -0.3 is 15.2 Å². The van der Waals surface area contributed by atoms with E-state index in [2.05, 4.69) is 14.2 Å². The van der Waals surface area contributed by atoms with Crippen LogP contribution in [0.2, 0.25) is 0 Å². The Morgan fingerprint density at radius 3 is 2.07 bits per heavy atom. The molecule has 0 aromatic heterocycles. The second-order valence-corrected chi connectivity index (χ2v) is 7.95. The van der Waals surface area contributed by atoms with Gasteiger partial charge in [0.1, 0.15) is 0 Å². The number of carbonyl (C=O) groups excluding carboxylic acids is 2. The van der Waals surface area contributed by atoms with Crippen molar-refractivity contribution in [1.82, 2.24) is 4.72 Å². The topological polar surface area (TPSA) is 125 Å². The highest BCUT2D eigenvalue weighted by Gasteiger charge is 2.29. The van der Waals surface area contributed by atoms with E-state index in [1.54, 1.807) is 0 Å². The summed E-state index contributed by atoms with van der Waals surface area (Å²) in [6.45, 7) is 0.392. The summed E-state index contributed by atoms with van der Waals surface area (Å²) < 4.78 is 37.6. The van der Waals surface area contributed by atoms with Crippen molar-refractivity contribution in [2.45, 2.75) is 36.6 Å². The Hall–Kier alpha value is -1.68. The number of sulfonamides is 1. The average molecular weight is 421 g/mol. The molecule has 0 heterocycles. The molecule has 0 aliphatic heterocycles. The molecule has 152 valence electrons. The lowest BCUT2D eigenvalue weighted by atomic mass is 9.85. The van der Waals surface area contributed by atoms with Gasteiger partial charge in [-0.2, -0.15) is 0 Å². The highest BCUT2D eigenvalue weighted by atomic mass is 35.5. The molecule has 2 atom stereocenters. The van der Waals surface area contributed by atoms with Crippen molar-refractivity contribution in [1.29, 1.82) is 0 Å². The average Bonchev–Trinajstić information content (AvgIpc) is 2.66. The standard InChI is InChI=1S/C17H24N2O6S.ClH/c1-24-16(20)12-7-13(17(21)25-2)9-14(8-12)26(22,23)19-15-6-4-3-5-11(15)10-18;/h7-9,11,15,19H,3-6,10,18H2,1-2H3;1H. The van der Waals surface area contributed by atoms with Crippen LogP contribution in [-0.4, -0.2) is 47.2 Å². The number of hydrogen-bond donors (Lipinski definition) is 2. The third-order valence-electron chi connectivity index (χ3n) is 4.58. The molecular formula is C17H25ClN2O6S. The van der Waals surface area contributed by atoms with Gasteiger partial charge in [0, 0.05) is 6.04 Å². The zero-order valence-corrected chi connectivity index (χ0v) is 16.9. The van der Waals surface area contributed by atoms with Crippen molar-refractivity contribution in [2.75, 3.05) is 20.8 Å². The fraction of sp³-hybridized carbons (Fsp3) is 0.529. The maximum Gasteiger partial charge on any atom is 0.337 e. The third-order valence-corrected chi connectivity index (χ3v) is 6.05. The number of carbonyl (C=O) groups is 2. The predicted molar refractivity (Wildman–Crippen MR) is 101 cm³/mol. The van der Waals surface area contributed by atoms with Gasteiger partial charge in [0.15, 0.2) is 0 Å². The van der Waals surface area contributed by atoms with Crippen molar-refractivity contribution >= 4 is 34.4 Å². The number of ether oxygens (including phenoxy) is 2. The molecule has 0 bridgehead atoms. The molecule has 0 saturated heterocycles. The van der Waals surface area contributed by atoms with Crippen LogP contribution in [0.25, 0.3) is 0 Å². The molecule has 0 spiro atoms. The number of esters is 2. The van der Waals surface area contributed by atoms with E-state index in [0.717, 1.165) is 19.3 Å².